The number of benzene rings is 3. The molecule has 0 saturated carbocycles. The van der Waals surface area contributed by atoms with Gasteiger partial charge in [0, 0.05) is 36.6 Å². The minimum absolute atomic E-state index is 0.257. The minimum Gasteiger partial charge on any atom is -0.372 e. The van der Waals surface area contributed by atoms with Crippen molar-refractivity contribution in [2.75, 3.05) is 28.6 Å². The lowest BCUT2D eigenvalue weighted by Crippen LogP contribution is -2.46. The number of urea groups is 1. The number of hydrogen-bond acceptors (Lipinski definition) is 3. The zero-order chi connectivity index (χ0) is 22.9. The van der Waals surface area contributed by atoms with E-state index in [9.17, 15) is 9.59 Å². The quantitative estimate of drug-likeness (QED) is 0.479. The average molecular weight is 443 g/mol. The van der Waals surface area contributed by atoms with Gasteiger partial charge in [-0.1, -0.05) is 48.5 Å². The number of amides is 3. The normalized spacial score (nSPS) is 14.2. The van der Waals surface area contributed by atoms with E-state index in [4.69, 9.17) is 0 Å². The summed E-state index contributed by atoms with van der Waals surface area (Å²) in [7, 11) is 0. The molecule has 3 amide bonds. The third-order valence-electron chi connectivity index (χ3n) is 5.79. The van der Waals surface area contributed by atoms with Gasteiger partial charge < -0.3 is 20.9 Å². The van der Waals surface area contributed by atoms with Crippen LogP contribution in [-0.4, -0.2) is 31.1 Å². The third kappa shape index (κ3) is 6.59. The summed E-state index contributed by atoms with van der Waals surface area (Å²) in [6.07, 6.45) is 4.12. The van der Waals surface area contributed by atoms with Crippen LogP contribution >= 0.6 is 0 Å². The van der Waals surface area contributed by atoms with Gasteiger partial charge in [-0.05, 0) is 61.2 Å². The molecule has 4 rings (SSSR count). The minimum atomic E-state index is -0.724. The summed E-state index contributed by atoms with van der Waals surface area (Å²) in [5.74, 6) is -0.257. The number of carbonyl (C=O) groups is 2. The predicted octanol–water partition coefficient (Wildman–Crippen LogP) is 5.05. The molecule has 170 valence electrons. The van der Waals surface area contributed by atoms with E-state index in [2.05, 4.69) is 20.9 Å². The Balaban J connectivity index is 1.42. The van der Waals surface area contributed by atoms with E-state index in [0.717, 1.165) is 18.7 Å². The molecule has 1 unspecified atom stereocenters. The summed E-state index contributed by atoms with van der Waals surface area (Å²) in [6, 6.07) is 25.6. The number of nitrogens with zero attached hydrogens (tertiary/aromatic N) is 1. The van der Waals surface area contributed by atoms with Crippen molar-refractivity contribution < 1.29 is 9.59 Å². The molecule has 3 N–H and O–H groups in total. The van der Waals surface area contributed by atoms with E-state index in [1.807, 2.05) is 72.8 Å². The van der Waals surface area contributed by atoms with Gasteiger partial charge in [-0.25, -0.2) is 4.79 Å². The fourth-order valence-corrected chi connectivity index (χ4v) is 4.04. The highest BCUT2D eigenvalue weighted by Crippen LogP contribution is 2.22. The van der Waals surface area contributed by atoms with Crippen molar-refractivity contribution in [1.82, 2.24) is 5.32 Å². The first-order valence-corrected chi connectivity index (χ1v) is 11.5. The highest BCUT2D eigenvalue weighted by atomic mass is 16.2. The van der Waals surface area contributed by atoms with Crippen molar-refractivity contribution >= 4 is 29.0 Å². The van der Waals surface area contributed by atoms with Gasteiger partial charge in [-0.2, -0.15) is 0 Å². The summed E-state index contributed by atoms with van der Waals surface area (Å²) in [4.78, 5) is 28.1. The van der Waals surface area contributed by atoms with Crippen LogP contribution in [0.5, 0.6) is 0 Å². The molecule has 3 aromatic carbocycles. The van der Waals surface area contributed by atoms with Gasteiger partial charge in [0.25, 0.3) is 0 Å². The Morgan fingerprint density at radius 2 is 1.33 bits per heavy atom. The van der Waals surface area contributed by atoms with Crippen molar-refractivity contribution in [2.45, 2.75) is 31.7 Å². The molecule has 6 nitrogen and oxygen atoms in total. The lowest BCUT2D eigenvalue weighted by atomic mass is 10.1. The van der Waals surface area contributed by atoms with Gasteiger partial charge in [0.2, 0.25) is 5.91 Å². The average Bonchev–Trinajstić information content (AvgIpc) is 2.86. The lowest BCUT2D eigenvalue weighted by Gasteiger charge is -2.29. The van der Waals surface area contributed by atoms with Gasteiger partial charge in [0.05, 0.1) is 0 Å². The van der Waals surface area contributed by atoms with E-state index in [0.29, 0.717) is 17.8 Å². The Morgan fingerprint density at radius 3 is 2.00 bits per heavy atom. The van der Waals surface area contributed by atoms with Crippen LogP contribution in [-0.2, 0) is 11.2 Å². The molecule has 1 aliphatic heterocycles. The van der Waals surface area contributed by atoms with Gasteiger partial charge in [-0.3, -0.25) is 4.79 Å². The molecule has 1 saturated heterocycles. The molecule has 1 aliphatic rings. The van der Waals surface area contributed by atoms with Crippen LogP contribution in [0, 0.1) is 0 Å². The first-order chi connectivity index (χ1) is 16.2. The van der Waals surface area contributed by atoms with Crippen LogP contribution in [0.3, 0.4) is 0 Å². The van der Waals surface area contributed by atoms with Crippen LogP contribution in [0.15, 0.2) is 84.9 Å². The van der Waals surface area contributed by atoms with Gasteiger partial charge in [-0.15, -0.1) is 0 Å². The largest absolute Gasteiger partial charge is 0.372 e. The molecule has 6 heteroatoms. The number of hydrogen-bond donors (Lipinski definition) is 3. The maximum atomic E-state index is 13.1. The molecule has 0 bridgehead atoms. The number of nitrogens with one attached hydrogen (secondary N) is 3. The summed E-state index contributed by atoms with van der Waals surface area (Å²) < 4.78 is 0. The summed E-state index contributed by atoms with van der Waals surface area (Å²) in [6.45, 7) is 2.15. The van der Waals surface area contributed by atoms with Crippen LogP contribution in [0.1, 0.15) is 24.8 Å². The van der Waals surface area contributed by atoms with Crippen molar-refractivity contribution in [3.8, 4) is 0 Å². The number of para-hydroxylation sites is 1. The van der Waals surface area contributed by atoms with E-state index in [1.165, 1.54) is 24.9 Å². The van der Waals surface area contributed by atoms with E-state index in [1.54, 1.807) is 12.1 Å². The van der Waals surface area contributed by atoms with Crippen molar-refractivity contribution in [3.63, 3.8) is 0 Å². The standard InChI is InChI=1S/C27H30N4O2/c32-26(28-23-14-16-24(17-15-23)31-18-8-3-9-19-31)25(20-21-10-4-1-5-11-21)30-27(33)29-22-12-6-2-7-13-22/h1-2,4-7,10-17,25H,3,8-9,18-20H2,(H,28,32)(H2,29,30,33). The molecule has 0 radical (unpaired) electrons. The summed E-state index contributed by atoms with van der Waals surface area (Å²) in [5.41, 5.74) is 3.53. The lowest BCUT2D eigenvalue weighted by molar-refractivity contribution is -0.117. The zero-order valence-electron chi connectivity index (χ0n) is 18.7. The Morgan fingerprint density at radius 1 is 0.727 bits per heavy atom. The third-order valence-corrected chi connectivity index (χ3v) is 5.79. The maximum Gasteiger partial charge on any atom is 0.319 e. The maximum absolute atomic E-state index is 13.1. The molecule has 1 fully saturated rings. The van der Waals surface area contributed by atoms with Gasteiger partial charge >= 0.3 is 6.03 Å². The molecule has 0 spiro atoms. The van der Waals surface area contributed by atoms with E-state index in [-0.39, 0.29) is 5.91 Å². The van der Waals surface area contributed by atoms with E-state index < -0.39 is 12.1 Å². The number of anilines is 3. The molecule has 3 aromatic rings. The highest BCUT2D eigenvalue weighted by molar-refractivity contribution is 5.99. The SMILES string of the molecule is O=C(Nc1ccccc1)NC(Cc1ccccc1)C(=O)Nc1ccc(N2CCCCC2)cc1. The molecule has 1 atom stereocenters. The number of piperidine rings is 1. The Labute approximate surface area is 195 Å². The molecule has 1 heterocycles. The predicted molar refractivity (Wildman–Crippen MR) is 134 cm³/mol. The first-order valence-electron chi connectivity index (χ1n) is 11.5. The van der Waals surface area contributed by atoms with Crippen LogP contribution < -0.4 is 20.9 Å². The number of rotatable bonds is 7. The zero-order valence-corrected chi connectivity index (χ0v) is 18.7. The smallest absolute Gasteiger partial charge is 0.319 e. The van der Waals surface area contributed by atoms with Gasteiger partial charge in [0.15, 0.2) is 0 Å². The Hall–Kier alpha value is -3.80. The highest BCUT2D eigenvalue weighted by Gasteiger charge is 2.22. The first kappa shape index (κ1) is 22.4. The molecular formula is C27H30N4O2. The molecule has 0 aliphatic carbocycles. The fraction of sp³-hybridized carbons (Fsp3) is 0.259. The Bertz CT molecular complexity index is 1030. The van der Waals surface area contributed by atoms with Crippen molar-refractivity contribution in [2.24, 2.45) is 0 Å². The number of carbonyl (C=O) groups excluding carboxylic acids is 2. The second kappa shape index (κ2) is 11.2. The van der Waals surface area contributed by atoms with Gasteiger partial charge in [0.1, 0.15) is 6.04 Å². The van der Waals surface area contributed by atoms with Crippen LogP contribution in [0.4, 0.5) is 21.9 Å². The van der Waals surface area contributed by atoms with Crippen LogP contribution in [0.2, 0.25) is 0 Å². The van der Waals surface area contributed by atoms with Crippen molar-refractivity contribution in [3.05, 3.63) is 90.5 Å². The molecular weight excluding hydrogens is 412 g/mol. The fourth-order valence-electron chi connectivity index (χ4n) is 4.04. The van der Waals surface area contributed by atoms with E-state index >= 15 is 0 Å². The monoisotopic (exact) mass is 442 g/mol. The second-order valence-corrected chi connectivity index (χ2v) is 8.29. The summed E-state index contributed by atoms with van der Waals surface area (Å²) in [5, 5.41) is 8.57. The second-order valence-electron chi connectivity index (χ2n) is 8.29. The topological polar surface area (TPSA) is 73.5 Å². The molecule has 0 aromatic heterocycles. The van der Waals surface area contributed by atoms with Crippen LogP contribution in [0.25, 0.3) is 0 Å². The van der Waals surface area contributed by atoms with Crippen molar-refractivity contribution in [1.29, 1.82) is 0 Å². The summed E-state index contributed by atoms with van der Waals surface area (Å²) >= 11 is 0. The Kier molecular flexibility index (Phi) is 7.59. The molecule has 33 heavy (non-hydrogen) atoms.